The topological polar surface area (TPSA) is 69.4 Å². The minimum Gasteiger partial charge on any atom is -0.437 e. The molecule has 0 aliphatic rings. The second-order valence-corrected chi connectivity index (χ2v) is 2.61. The van der Waals surface area contributed by atoms with Crippen LogP contribution < -0.4 is 5.73 Å². The van der Waals surface area contributed by atoms with E-state index in [1.54, 1.807) is 13.8 Å². The highest BCUT2D eigenvalue weighted by Gasteiger charge is 2.23. The lowest BCUT2D eigenvalue weighted by atomic mass is 10.0. The molecule has 0 unspecified atom stereocenters. The molecule has 0 heterocycles. The van der Waals surface area contributed by atoms with Gasteiger partial charge in [-0.15, -0.1) is 6.42 Å². The quantitative estimate of drug-likeness (QED) is 0.488. The Morgan fingerprint density at radius 1 is 1.50 bits per heavy atom. The lowest BCUT2D eigenvalue weighted by molar-refractivity contribution is -0.123. The molecule has 0 rings (SSSR count). The van der Waals surface area contributed by atoms with Gasteiger partial charge in [0.1, 0.15) is 0 Å². The molecule has 4 heteroatoms. The van der Waals surface area contributed by atoms with Gasteiger partial charge in [0.2, 0.25) is 5.78 Å². The summed E-state index contributed by atoms with van der Waals surface area (Å²) >= 11 is 0. The molecule has 0 aromatic carbocycles. The predicted octanol–water partition coefficient (Wildman–Crippen LogP) is 0.309. The summed E-state index contributed by atoms with van der Waals surface area (Å²) in [6.07, 6.45) is 2.94. The predicted molar refractivity (Wildman–Crippen MR) is 43.1 cm³/mol. The molecule has 0 saturated carbocycles. The molecular weight excluding hydrogens is 158 g/mol. The van der Waals surface area contributed by atoms with Gasteiger partial charge in [-0.2, -0.15) is 0 Å². The first kappa shape index (κ1) is 10.5. The maximum Gasteiger partial charge on any atom is 0.405 e. The molecule has 0 aliphatic carbocycles. The first-order valence-corrected chi connectivity index (χ1v) is 3.45. The molecule has 0 spiro atoms. The Morgan fingerprint density at radius 2 is 2.00 bits per heavy atom. The Labute approximate surface area is 71.1 Å². The third kappa shape index (κ3) is 3.06. The summed E-state index contributed by atoms with van der Waals surface area (Å²) in [5.41, 5.74) is 4.74. The molecule has 12 heavy (non-hydrogen) atoms. The van der Waals surface area contributed by atoms with Crippen LogP contribution >= 0.6 is 0 Å². The fourth-order valence-corrected chi connectivity index (χ4v) is 0.700. The third-order valence-electron chi connectivity index (χ3n) is 1.25. The number of terminal acetylenes is 1. The van der Waals surface area contributed by atoms with Crippen molar-refractivity contribution in [1.82, 2.24) is 0 Å². The summed E-state index contributed by atoms with van der Waals surface area (Å²) in [6.45, 7) is 3.42. The second-order valence-electron chi connectivity index (χ2n) is 2.61. The lowest BCUT2D eigenvalue weighted by Crippen LogP contribution is -2.33. The van der Waals surface area contributed by atoms with Crippen molar-refractivity contribution in [2.75, 3.05) is 0 Å². The lowest BCUT2D eigenvalue weighted by Gasteiger charge is -2.15. The van der Waals surface area contributed by atoms with Gasteiger partial charge in [-0.25, -0.2) is 4.79 Å². The van der Waals surface area contributed by atoms with Crippen molar-refractivity contribution in [3.05, 3.63) is 0 Å². The number of ketones is 1. The van der Waals surface area contributed by atoms with Crippen molar-refractivity contribution in [1.29, 1.82) is 0 Å². The van der Waals surface area contributed by atoms with E-state index in [4.69, 9.17) is 12.2 Å². The van der Waals surface area contributed by atoms with Crippen LogP contribution in [0.25, 0.3) is 0 Å². The van der Waals surface area contributed by atoms with Crippen LogP contribution in [0.5, 0.6) is 0 Å². The normalized spacial score (nSPS) is 11.8. The minimum atomic E-state index is -0.989. The van der Waals surface area contributed by atoms with Gasteiger partial charge in [-0.1, -0.05) is 13.8 Å². The summed E-state index contributed by atoms with van der Waals surface area (Å²) in [5, 5.41) is 0. The van der Waals surface area contributed by atoms with Crippen LogP contribution in [0, 0.1) is 18.3 Å². The highest BCUT2D eigenvalue weighted by atomic mass is 16.6. The Kier molecular flexibility index (Phi) is 3.84. The number of hydrogen-bond acceptors (Lipinski definition) is 3. The average Bonchev–Trinajstić information content (AvgIpc) is 1.98. The molecule has 0 aromatic rings. The molecule has 0 fully saturated rings. The SMILES string of the molecule is C#CC(=O)[C@H](OC(N)=O)C(C)C. The van der Waals surface area contributed by atoms with Crippen LogP contribution in [0.15, 0.2) is 0 Å². The zero-order valence-electron chi connectivity index (χ0n) is 7.03. The van der Waals surface area contributed by atoms with E-state index < -0.39 is 18.0 Å². The number of nitrogens with two attached hydrogens (primary N) is 1. The fourth-order valence-electron chi connectivity index (χ4n) is 0.700. The maximum atomic E-state index is 10.9. The first-order valence-electron chi connectivity index (χ1n) is 3.45. The van der Waals surface area contributed by atoms with Crippen molar-refractivity contribution in [2.45, 2.75) is 20.0 Å². The molecule has 0 bridgehead atoms. The molecule has 66 valence electrons. The van der Waals surface area contributed by atoms with Gasteiger partial charge in [0.05, 0.1) is 0 Å². The molecular formula is C8H11NO3. The number of rotatable bonds is 3. The molecule has 0 saturated heterocycles. The first-order chi connectivity index (χ1) is 5.49. The molecule has 0 aliphatic heterocycles. The van der Waals surface area contributed by atoms with Crippen molar-refractivity contribution in [2.24, 2.45) is 11.7 Å². The Bertz CT molecular complexity index is 227. The number of carbonyl (C=O) groups is 2. The van der Waals surface area contributed by atoms with Gasteiger partial charge in [0.25, 0.3) is 0 Å². The molecule has 1 atom stereocenters. The van der Waals surface area contributed by atoms with Crippen LogP contribution in [-0.4, -0.2) is 18.0 Å². The number of primary amides is 1. The molecule has 0 radical (unpaired) electrons. The zero-order valence-corrected chi connectivity index (χ0v) is 7.03. The number of hydrogen-bond donors (Lipinski definition) is 1. The Balaban J connectivity index is 4.36. The molecule has 0 aromatic heterocycles. The maximum absolute atomic E-state index is 10.9. The molecule has 4 nitrogen and oxygen atoms in total. The number of carbonyl (C=O) groups excluding carboxylic acids is 2. The van der Waals surface area contributed by atoms with Gasteiger partial charge in [0.15, 0.2) is 6.10 Å². The van der Waals surface area contributed by atoms with Gasteiger partial charge in [0, 0.05) is 0 Å². The highest BCUT2D eigenvalue weighted by Crippen LogP contribution is 2.07. The highest BCUT2D eigenvalue weighted by molar-refractivity contribution is 5.99. The number of ether oxygens (including phenoxy) is 1. The minimum absolute atomic E-state index is 0.166. The summed E-state index contributed by atoms with van der Waals surface area (Å²) in [7, 11) is 0. The standard InChI is InChI=1S/C8H11NO3/c1-4-6(10)7(5(2)3)12-8(9)11/h1,5,7H,2-3H3,(H2,9,11)/t7-/m1/s1. The van der Waals surface area contributed by atoms with E-state index in [0.717, 1.165) is 0 Å². The van der Waals surface area contributed by atoms with E-state index in [2.05, 4.69) is 4.74 Å². The summed E-state index contributed by atoms with van der Waals surface area (Å²) in [4.78, 5) is 21.2. The van der Waals surface area contributed by atoms with E-state index in [0.29, 0.717) is 0 Å². The molecule has 2 N–H and O–H groups in total. The van der Waals surface area contributed by atoms with E-state index in [-0.39, 0.29) is 5.92 Å². The number of Topliss-reactive ketones (excluding diaryl/α,β-unsaturated/α-hetero) is 1. The fraction of sp³-hybridized carbons (Fsp3) is 0.500. The van der Waals surface area contributed by atoms with Crippen molar-refractivity contribution in [3.8, 4) is 12.3 Å². The van der Waals surface area contributed by atoms with E-state index >= 15 is 0 Å². The van der Waals surface area contributed by atoms with Crippen molar-refractivity contribution in [3.63, 3.8) is 0 Å². The summed E-state index contributed by atoms with van der Waals surface area (Å²) < 4.78 is 4.51. The largest absolute Gasteiger partial charge is 0.437 e. The average molecular weight is 169 g/mol. The van der Waals surface area contributed by atoms with Gasteiger partial charge >= 0.3 is 6.09 Å². The van der Waals surface area contributed by atoms with Crippen LogP contribution in [0.2, 0.25) is 0 Å². The van der Waals surface area contributed by atoms with E-state index in [1.807, 2.05) is 5.92 Å². The smallest absolute Gasteiger partial charge is 0.405 e. The second kappa shape index (κ2) is 4.39. The Hall–Kier alpha value is -1.50. The molecule has 1 amide bonds. The van der Waals surface area contributed by atoms with Gasteiger partial charge in [-0.05, 0) is 11.8 Å². The number of amides is 1. The van der Waals surface area contributed by atoms with Crippen molar-refractivity contribution >= 4 is 11.9 Å². The van der Waals surface area contributed by atoms with Crippen LogP contribution in [0.4, 0.5) is 4.79 Å². The third-order valence-corrected chi connectivity index (χ3v) is 1.25. The van der Waals surface area contributed by atoms with Gasteiger partial charge < -0.3 is 10.5 Å². The van der Waals surface area contributed by atoms with Crippen LogP contribution in [0.1, 0.15) is 13.8 Å². The van der Waals surface area contributed by atoms with Crippen LogP contribution in [0.3, 0.4) is 0 Å². The zero-order chi connectivity index (χ0) is 9.72. The van der Waals surface area contributed by atoms with Crippen molar-refractivity contribution < 1.29 is 14.3 Å². The summed E-state index contributed by atoms with van der Waals surface area (Å²) in [6, 6.07) is 0. The monoisotopic (exact) mass is 169 g/mol. The van der Waals surface area contributed by atoms with Gasteiger partial charge in [-0.3, -0.25) is 4.79 Å². The van der Waals surface area contributed by atoms with E-state index in [1.165, 1.54) is 0 Å². The Morgan fingerprint density at radius 3 is 2.25 bits per heavy atom. The van der Waals surface area contributed by atoms with E-state index in [9.17, 15) is 9.59 Å². The summed E-state index contributed by atoms with van der Waals surface area (Å²) in [5.74, 6) is 1.15. The van der Waals surface area contributed by atoms with Crippen LogP contribution in [-0.2, 0) is 9.53 Å².